The minimum atomic E-state index is -1.07. The molecule has 33 heavy (non-hydrogen) atoms. The molecule has 1 amide bonds. The number of benzene rings is 3. The van der Waals surface area contributed by atoms with Crippen molar-refractivity contribution in [2.24, 2.45) is 0 Å². The van der Waals surface area contributed by atoms with Crippen LogP contribution in [0.4, 0.5) is 13.9 Å². The fourth-order valence-corrected chi connectivity index (χ4v) is 4.77. The maximum Gasteiger partial charge on any atom is 0.301 e. The highest BCUT2D eigenvalue weighted by Crippen LogP contribution is 2.44. The van der Waals surface area contributed by atoms with E-state index in [-0.39, 0.29) is 22.0 Å². The number of aromatic nitrogens is 1. The second kappa shape index (κ2) is 7.79. The molecule has 164 valence electrons. The highest BCUT2D eigenvalue weighted by atomic mass is 32.1. The van der Waals surface area contributed by atoms with Crippen LogP contribution in [-0.2, 0) is 9.59 Å². The van der Waals surface area contributed by atoms with Crippen LogP contribution in [0, 0.1) is 11.6 Å². The lowest BCUT2D eigenvalue weighted by molar-refractivity contribution is -0.132. The van der Waals surface area contributed by atoms with Gasteiger partial charge in [0, 0.05) is 5.56 Å². The number of anilines is 1. The second-order valence-electron chi connectivity index (χ2n) is 7.38. The summed E-state index contributed by atoms with van der Waals surface area (Å²) >= 11 is 1.03. The Morgan fingerprint density at radius 3 is 2.30 bits per heavy atom. The average Bonchev–Trinajstić information content (AvgIpc) is 3.32. The van der Waals surface area contributed by atoms with Crippen LogP contribution in [0.25, 0.3) is 16.0 Å². The van der Waals surface area contributed by atoms with Gasteiger partial charge in [-0.15, -0.1) is 0 Å². The number of halogens is 2. The van der Waals surface area contributed by atoms with Gasteiger partial charge in [0.1, 0.15) is 23.1 Å². The van der Waals surface area contributed by atoms with Crippen LogP contribution in [-0.4, -0.2) is 26.9 Å². The molecule has 4 aromatic rings. The standard InChI is InChI=1S/C24H14F2N2O4S/c25-14-5-1-13(2-6-14)21(30)19-20(12-3-8-16(29)9-4-12)28(23(32)22(19)31)24-27-17-10-7-15(26)11-18(17)33-24/h1-11,20,29-30H/b21-19+. The van der Waals surface area contributed by atoms with Gasteiger partial charge >= 0.3 is 5.91 Å². The van der Waals surface area contributed by atoms with Crippen molar-refractivity contribution in [1.82, 2.24) is 4.98 Å². The van der Waals surface area contributed by atoms with Crippen molar-refractivity contribution < 1.29 is 28.6 Å². The third kappa shape index (κ3) is 3.52. The van der Waals surface area contributed by atoms with Crippen LogP contribution < -0.4 is 4.90 Å². The predicted molar refractivity (Wildman–Crippen MR) is 119 cm³/mol. The zero-order valence-corrected chi connectivity index (χ0v) is 17.5. The summed E-state index contributed by atoms with van der Waals surface area (Å²) in [7, 11) is 0. The number of thiazole rings is 1. The Morgan fingerprint density at radius 1 is 0.939 bits per heavy atom. The van der Waals surface area contributed by atoms with Crippen molar-refractivity contribution in [3.8, 4) is 5.75 Å². The number of aliphatic hydroxyl groups is 1. The van der Waals surface area contributed by atoms with Gasteiger partial charge in [-0.05, 0) is 60.2 Å². The number of hydrogen-bond acceptors (Lipinski definition) is 6. The van der Waals surface area contributed by atoms with Crippen molar-refractivity contribution in [3.05, 3.63) is 95.1 Å². The molecule has 0 spiro atoms. The number of phenols is 1. The van der Waals surface area contributed by atoms with Gasteiger partial charge in [-0.2, -0.15) is 0 Å². The van der Waals surface area contributed by atoms with Crippen molar-refractivity contribution in [1.29, 1.82) is 0 Å². The van der Waals surface area contributed by atoms with E-state index in [4.69, 9.17) is 0 Å². The first kappa shape index (κ1) is 20.8. The monoisotopic (exact) mass is 464 g/mol. The zero-order chi connectivity index (χ0) is 23.3. The molecule has 1 atom stereocenters. The van der Waals surface area contributed by atoms with Crippen molar-refractivity contribution in [3.63, 3.8) is 0 Å². The number of hydrogen-bond donors (Lipinski definition) is 2. The predicted octanol–water partition coefficient (Wildman–Crippen LogP) is 4.91. The molecular weight excluding hydrogens is 450 g/mol. The molecule has 0 radical (unpaired) electrons. The minimum absolute atomic E-state index is 0.0234. The third-order valence-corrected chi connectivity index (χ3v) is 6.33. The fraction of sp³-hybridized carbons (Fsp3) is 0.0417. The van der Waals surface area contributed by atoms with Gasteiger partial charge in [0.15, 0.2) is 5.13 Å². The molecule has 9 heteroatoms. The Labute approximate surface area is 189 Å². The number of nitrogens with zero attached hydrogens (tertiary/aromatic N) is 2. The molecule has 5 rings (SSSR count). The van der Waals surface area contributed by atoms with Crippen LogP contribution in [0.3, 0.4) is 0 Å². The summed E-state index contributed by atoms with van der Waals surface area (Å²) in [6, 6.07) is 13.6. The smallest absolute Gasteiger partial charge is 0.301 e. The van der Waals surface area contributed by atoms with Gasteiger partial charge in [0.25, 0.3) is 5.78 Å². The van der Waals surface area contributed by atoms with Gasteiger partial charge in [0.2, 0.25) is 0 Å². The molecule has 1 saturated heterocycles. The largest absolute Gasteiger partial charge is 0.508 e. The Bertz CT molecular complexity index is 1450. The van der Waals surface area contributed by atoms with Crippen molar-refractivity contribution in [2.45, 2.75) is 6.04 Å². The lowest BCUT2D eigenvalue weighted by atomic mass is 9.95. The van der Waals surface area contributed by atoms with Crippen LogP contribution in [0.1, 0.15) is 17.2 Å². The third-order valence-electron chi connectivity index (χ3n) is 5.32. The number of amides is 1. The Morgan fingerprint density at radius 2 is 1.61 bits per heavy atom. The molecule has 1 aliphatic heterocycles. The van der Waals surface area contributed by atoms with Gasteiger partial charge in [-0.3, -0.25) is 14.5 Å². The van der Waals surface area contributed by atoms with E-state index in [9.17, 15) is 28.6 Å². The van der Waals surface area contributed by atoms with E-state index < -0.39 is 35.1 Å². The molecule has 1 fully saturated rings. The van der Waals surface area contributed by atoms with E-state index in [1.807, 2.05) is 0 Å². The number of carbonyl (C=O) groups is 2. The fourth-order valence-electron chi connectivity index (χ4n) is 3.75. The van der Waals surface area contributed by atoms with Crippen LogP contribution in [0.2, 0.25) is 0 Å². The molecule has 1 unspecified atom stereocenters. The number of aliphatic hydroxyl groups excluding tert-OH is 1. The number of Topliss-reactive ketones (excluding diaryl/α,β-unsaturated/α-hetero) is 1. The molecule has 6 nitrogen and oxygen atoms in total. The van der Waals surface area contributed by atoms with Gasteiger partial charge in [0.05, 0.1) is 21.8 Å². The molecule has 1 aromatic heterocycles. The molecule has 2 N–H and O–H groups in total. The summed E-state index contributed by atoms with van der Waals surface area (Å²) in [5.74, 6) is -3.35. The molecule has 2 heterocycles. The van der Waals surface area contributed by atoms with E-state index in [1.165, 1.54) is 54.6 Å². The first-order chi connectivity index (χ1) is 15.8. The topological polar surface area (TPSA) is 90.7 Å². The Hall–Kier alpha value is -4.11. The van der Waals surface area contributed by atoms with Crippen LogP contribution in [0.5, 0.6) is 5.75 Å². The summed E-state index contributed by atoms with van der Waals surface area (Å²) in [6.07, 6.45) is 0. The molecule has 0 saturated carbocycles. The van der Waals surface area contributed by atoms with E-state index in [0.29, 0.717) is 15.8 Å². The number of fused-ring (bicyclic) bond motifs is 1. The minimum Gasteiger partial charge on any atom is -0.508 e. The highest BCUT2D eigenvalue weighted by Gasteiger charge is 2.48. The summed E-state index contributed by atoms with van der Waals surface area (Å²) in [5, 5.41) is 20.8. The number of aromatic hydroxyl groups is 1. The van der Waals surface area contributed by atoms with E-state index >= 15 is 0 Å². The first-order valence-corrected chi connectivity index (χ1v) is 10.6. The quantitative estimate of drug-likeness (QED) is 0.256. The normalized spacial score (nSPS) is 17.8. The summed E-state index contributed by atoms with van der Waals surface area (Å²) in [6.45, 7) is 0. The maximum atomic E-state index is 13.7. The van der Waals surface area contributed by atoms with Gasteiger partial charge < -0.3 is 10.2 Å². The molecule has 0 bridgehead atoms. The van der Waals surface area contributed by atoms with Crippen molar-refractivity contribution in [2.75, 3.05) is 4.90 Å². The van der Waals surface area contributed by atoms with Crippen LogP contribution in [0.15, 0.2) is 72.3 Å². The van der Waals surface area contributed by atoms with E-state index in [1.54, 1.807) is 0 Å². The van der Waals surface area contributed by atoms with Gasteiger partial charge in [-0.1, -0.05) is 23.5 Å². The zero-order valence-electron chi connectivity index (χ0n) is 16.7. The van der Waals surface area contributed by atoms with Crippen molar-refractivity contribution >= 4 is 44.1 Å². The Balaban J connectivity index is 1.73. The molecule has 1 aliphatic rings. The molecular formula is C24H14F2N2O4S. The maximum absolute atomic E-state index is 13.7. The van der Waals surface area contributed by atoms with Crippen LogP contribution >= 0.6 is 11.3 Å². The number of ketones is 1. The summed E-state index contributed by atoms with van der Waals surface area (Å²) in [4.78, 5) is 31.7. The summed E-state index contributed by atoms with van der Waals surface area (Å²) in [5.41, 5.74) is 0.828. The Kier molecular flexibility index (Phi) is 4.90. The van der Waals surface area contributed by atoms with E-state index in [2.05, 4.69) is 4.98 Å². The number of carbonyl (C=O) groups excluding carboxylic acids is 2. The lowest BCUT2D eigenvalue weighted by Crippen LogP contribution is -2.29. The average molecular weight is 464 g/mol. The van der Waals surface area contributed by atoms with Gasteiger partial charge in [-0.25, -0.2) is 13.8 Å². The SMILES string of the molecule is O=C1C(=O)N(c2nc3ccc(F)cc3s2)C(c2ccc(O)cc2)/C1=C(\O)c1ccc(F)cc1. The summed E-state index contributed by atoms with van der Waals surface area (Å²) < 4.78 is 27.5. The second-order valence-corrected chi connectivity index (χ2v) is 8.39. The molecule has 3 aromatic carbocycles. The lowest BCUT2D eigenvalue weighted by Gasteiger charge is -2.23. The number of phenolic OH excluding ortho intramolecular Hbond substituents is 1. The highest BCUT2D eigenvalue weighted by molar-refractivity contribution is 7.22. The number of rotatable bonds is 3. The van der Waals surface area contributed by atoms with E-state index in [0.717, 1.165) is 28.4 Å². The first-order valence-electron chi connectivity index (χ1n) is 9.75. The molecule has 0 aliphatic carbocycles.